The summed E-state index contributed by atoms with van der Waals surface area (Å²) in [6, 6.07) is 1.39. The van der Waals surface area contributed by atoms with Crippen LogP contribution < -0.4 is 14.8 Å². The lowest BCUT2D eigenvalue weighted by Gasteiger charge is -2.05. The minimum absolute atomic E-state index is 0.146. The topological polar surface area (TPSA) is 111 Å². The van der Waals surface area contributed by atoms with Gasteiger partial charge in [0.1, 0.15) is 0 Å². The van der Waals surface area contributed by atoms with E-state index in [0.717, 1.165) is 0 Å². The number of carboxylic acid groups (broad SMARTS) is 1. The second-order valence-corrected chi connectivity index (χ2v) is 2.54. The van der Waals surface area contributed by atoms with Crippen LogP contribution in [-0.4, -0.2) is 41.2 Å². The quantitative estimate of drug-likeness (QED) is 0.670. The number of nitrogens with zero attached hydrogens (tertiary/aromatic N) is 2. The Kier molecular flexibility index (Phi) is 3.59. The van der Waals surface area contributed by atoms with Crippen molar-refractivity contribution in [1.29, 1.82) is 0 Å². The lowest BCUT2D eigenvalue weighted by Crippen LogP contribution is -2.23. The van der Waals surface area contributed by atoms with Crippen LogP contribution >= 0.6 is 0 Å². The molecule has 0 atom stereocenters. The van der Waals surface area contributed by atoms with Gasteiger partial charge in [-0.2, -0.15) is 9.97 Å². The average Bonchev–Trinajstić information content (AvgIpc) is 2.28. The van der Waals surface area contributed by atoms with Gasteiger partial charge in [-0.25, -0.2) is 4.79 Å². The van der Waals surface area contributed by atoms with Crippen LogP contribution in [0.15, 0.2) is 6.07 Å². The highest BCUT2D eigenvalue weighted by molar-refractivity contribution is 6.36. The summed E-state index contributed by atoms with van der Waals surface area (Å²) in [5.74, 6) is -2.79. The van der Waals surface area contributed by atoms with E-state index in [4.69, 9.17) is 14.6 Å². The molecular weight excluding hydrogens is 218 g/mol. The van der Waals surface area contributed by atoms with Crippen LogP contribution in [0.3, 0.4) is 0 Å². The molecule has 0 unspecified atom stereocenters. The first-order chi connectivity index (χ1) is 7.56. The standard InChI is InChI=1S/C8H9N3O5/c1-15-4-3-5(16-2)10-8(9-4)11-6(12)7(13)14/h3H,1-2H3,(H,13,14)(H,9,10,11,12). The van der Waals surface area contributed by atoms with Crippen LogP contribution in [0.25, 0.3) is 0 Å². The molecule has 1 amide bonds. The Bertz CT molecular complexity index is 398. The highest BCUT2D eigenvalue weighted by Gasteiger charge is 2.14. The first kappa shape index (κ1) is 11.7. The Morgan fingerprint density at radius 3 is 2.12 bits per heavy atom. The van der Waals surface area contributed by atoms with Crippen molar-refractivity contribution in [2.24, 2.45) is 0 Å². The first-order valence-corrected chi connectivity index (χ1v) is 4.08. The van der Waals surface area contributed by atoms with E-state index < -0.39 is 11.9 Å². The summed E-state index contributed by atoms with van der Waals surface area (Å²) in [6.07, 6.45) is 0. The van der Waals surface area contributed by atoms with E-state index in [1.807, 2.05) is 5.32 Å². The number of ether oxygens (including phenoxy) is 2. The zero-order valence-corrected chi connectivity index (χ0v) is 8.55. The minimum Gasteiger partial charge on any atom is -0.481 e. The van der Waals surface area contributed by atoms with Crippen molar-refractivity contribution in [1.82, 2.24) is 9.97 Å². The average molecular weight is 227 g/mol. The molecular formula is C8H9N3O5. The normalized spacial score (nSPS) is 9.38. The van der Waals surface area contributed by atoms with Crippen molar-refractivity contribution in [3.05, 3.63) is 6.07 Å². The Morgan fingerprint density at radius 1 is 1.25 bits per heavy atom. The maximum atomic E-state index is 10.8. The van der Waals surface area contributed by atoms with Gasteiger partial charge in [0, 0.05) is 0 Å². The third-order valence-corrected chi connectivity index (χ3v) is 1.52. The fourth-order valence-electron chi connectivity index (χ4n) is 0.824. The second kappa shape index (κ2) is 4.91. The van der Waals surface area contributed by atoms with E-state index in [1.54, 1.807) is 0 Å². The Morgan fingerprint density at radius 2 is 1.75 bits per heavy atom. The molecule has 0 bridgehead atoms. The van der Waals surface area contributed by atoms with Crippen molar-refractivity contribution in [3.63, 3.8) is 0 Å². The molecule has 1 aromatic rings. The lowest BCUT2D eigenvalue weighted by atomic mass is 10.5. The number of aromatic nitrogens is 2. The molecule has 1 aromatic heterocycles. The Hall–Kier alpha value is -2.38. The molecule has 0 spiro atoms. The number of carboxylic acids is 1. The summed E-state index contributed by atoms with van der Waals surface area (Å²) in [4.78, 5) is 28.5. The van der Waals surface area contributed by atoms with Crippen LogP contribution in [0.2, 0.25) is 0 Å². The summed E-state index contributed by atoms with van der Waals surface area (Å²) in [5.41, 5.74) is 0. The zero-order chi connectivity index (χ0) is 12.1. The molecule has 0 radical (unpaired) electrons. The molecule has 8 nitrogen and oxygen atoms in total. The smallest absolute Gasteiger partial charge is 0.394 e. The lowest BCUT2D eigenvalue weighted by molar-refractivity contribution is -0.147. The number of anilines is 1. The summed E-state index contributed by atoms with van der Waals surface area (Å²) in [6.45, 7) is 0. The molecule has 2 N–H and O–H groups in total. The van der Waals surface area contributed by atoms with E-state index in [-0.39, 0.29) is 17.7 Å². The van der Waals surface area contributed by atoms with Crippen LogP contribution in [-0.2, 0) is 9.59 Å². The molecule has 0 aliphatic carbocycles. The monoisotopic (exact) mass is 227 g/mol. The molecule has 1 rings (SSSR count). The molecule has 16 heavy (non-hydrogen) atoms. The minimum atomic E-state index is -1.63. The molecule has 8 heteroatoms. The predicted octanol–water partition coefficient (Wildman–Crippen LogP) is -0.483. The van der Waals surface area contributed by atoms with Crippen molar-refractivity contribution in [3.8, 4) is 11.8 Å². The van der Waals surface area contributed by atoms with Crippen molar-refractivity contribution in [2.75, 3.05) is 19.5 Å². The number of methoxy groups -OCH3 is 2. The van der Waals surface area contributed by atoms with Gasteiger partial charge in [-0.15, -0.1) is 0 Å². The zero-order valence-electron chi connectivity index (χ0n) is 8.55. The molecule has 0 saturated heterocycles. The number of hydrogen-bond acceptors (Lipinski definition) is 6. The van der Waals surface area contributed by atoms with Gasteiger partial charge in [-0.3, -0.25) is 10.1 Å². The molecule has 0 aliphatic heterocycles. The molecule has 0 aliphatic rings. The van der Waals surface area contributed by atoms with Gasteiger partial charge in [0.05, 0.1) is 20.3 Å². The summed E-state index contributed by atoms with van der Waals surface area (Å²) in [5, 5.41) is 10.3. The van der Waals surface area contributed by atoms with Crippen LogP contribution in [0.4, 0.5) is 5.95 Å². The maximum Gasteiger partial charge on any atom is 0.394 e. The van der Waals surface area contributed by atoms with Gasteiger partial charge < -0.3 is 14.6 Å². The molecule has 0 saturated carbocycles. The number of hydrogen-bond donors (Lipinski definition) is 2. The third kappa shape index (κ3) is 2.80. The fourth-order valence-corrected chi connectivity index (χ4v) is 0.824. The molecule has 86 valence electrons. The number of rotatable bonds is 3. The van der Waals surface area contributed by atoms with Crippen LogP contribution in [0.1, 0.15) is 0 Å². The molecule has 0 aromatic carbocycles. The van der Waals surface area contributed by atoms with Gasteiger partial charge in [-0.05, 0) is 0 Å². The highest BCUT2D eigenvalue weighted by atomic mass is 16.5. The molecule has 0 fully saturated rings. The third-order valence-electron chi connectivity index (χ3n) is 1.52. The number of aliphatic carboxylic acids is 1. The van der Waals surface area contributed by atoms with Crippen molar-refractivity contribution >= 4 is 17.8 Å². The number of carbonyl (C=O) groups is 2. The van der Waals surface area contributed by atoms with Gasteiger partial charge in [0.15, 0.2) is 0 Å². The number of amides is 1. The van der Waals surface area contributed by atoms with E-state index in [2.05, 4.69) is 9.97 Å². The van der Waals surface area contributed by atoms with Gasteiger partial charge in [0.25, 0.3) is 0 Å². The summed E-state index contributed by atoms with van der Waals surface area (Å²) >= 11 is 0. The van der Waals surface area contributed by atoms with E-state index >= 15 is 0 Å². The second-order valence-electron chi connectivity index (χ2n) is 2.54. The first-order valence-electron chi connectivity index (χ1n) is 4.08. The fraction of sp³-hybridized carbons (Fsp3) is 0.250. The number of carbonyl (C=O) groups excluding carboxylic acids is 1. The summed E-state index contributed by atoms with van der Waals surface area (Å²) in [7, 11) is 2.73. The highest BCUT2D eigenvalue weighted by Crippen LogP contribution is 2.16. The number of nitrogens with one attached hydrogen (secondary N) is 1. The maximum absolute atomic E-state index is 10.8. The Labute approximate surface area is 90.2 Å². The van der Waals surface area contributed by atoms with E-state index in [1.165, 1.54) is 20.3 Å². The Balaban J connectivity index is 2.95. The van der Waals surface area contributed by atoms with Crippen LogP contribution in [0.5, 0.6) is 11.8 Å². The van der Waals surface area contributed by atoms with Gasteiger partial charge >= 0.3 is 11.9 Å². The van der Waals surface area contributed by atoms with Gasteiger partial charge in [0.2, 0.25) is 17.7 Å². The predicted molar refractivity (Wildman–Crippen MR) is 51.4 cm³/mol. The van der Waals surface area contributed by atoms with Crippen molar-refractivity contribution < 1.29 is 24.2 Å². The SMILES string of the molecule is COc1cc(OC)nc(NC(=O)C(=O)O)n1. The van der Waals surface area contributed by atoms with Crippen LogP contribution in [0, 0.1) is 0 Å². The van der Waals surface area contributed by atoms with E-state index in [9.17, 15) is 9.59 Å². The molecule has 1 heterocycles. The summed E-state index contributed by atoms with van der Waals surface area (Å²) < 4.78 is 9.62. The van der Waals surface area contributed by atoms with Gasteiger partial charge in [-0.1, -0.05) is 0 Å². The van der Waals surface area contributed by atoms with E-state index in [0.29, 0.717) is 0 Å². The van der Waals surface area contributed by atoms with Crippen molar-refractivity contribution in [2.45, 2.75) is 0 Å². The largest absolute Gasteiger partial charge is 0.481 e.